The van der Waals surface area contributed by atoms with Gasteiger partial charge >= 0.3 is 0 Å². The minimum Gasteiger partial charge on any atom is -0.331 e. The number of thiazole rings is 1. The number of carbonyl (C=O) groups is 3. The molecule has 1 atom stereocenters. The second-order valence-corrected chi connectivity index (χ2v) is 9.64. The Morgan fingerprint density at radius 3 is 2.71 bits per heavy atom. The molecule has 1 N–H and O–H groups in total. The van der Waals surface area contributed by atoms with Gasteiger partial charge in [-0.15, -0.1) is 0 Å². The fourth-order valence-corrected chi connectivity index (χ4v) is 5.50. The first-order chi connectivity index (χ1) is 14.8. The molecule has 2 aliphatic heterocycles. The van der Waals surface area contributed by atoms with E-state index < -0.39 is 0 Å². The van der Waals surface area contributed by atoms with Crippen LogP contribution in [0.15, 0.2) is 6.07 Å². The van der Waals surface area contributed by atoms with E-state index in [4.69, 9.17) is 4.98 Å². The minimum absolute atomic E-state index is 0.00769. The lowest BCUT2D eigenvalue weighted by atomic mass is 10.1. The molecule has 3 amide bonds. The Labute approximate surface area is 184 Å². The Balaban J connectivity index is 1.60. The maximum absolute atomic E-state index is 13.4. The first-order valence-electron chi connectivity index (χ1n) is 10.7. The van der Waals surface area contributed by atoms with E-state index in [9.17, 15) is 14.4 Å². The molecular formula is C22H25N5O3S. The van der Waals surface area contributed by atoms with Crippen LogP contribution in [0.25, 0.3) is 10.6 Å². The van der Waals surface area contributed by atoms with Gasteiger partial charge in [0.2, 0.25) is 11.8 Å². The van der Waals surface area contributed by atoms with Crippen molar-refractivity contribution in [3.05, 3.63) is 22.9 Å². The van der Waals surface area contributed by atoms with E-state index in [1.165, 1.54) is 18.3 Å². The van der Waals surface area contributed by atoms with Crippen LogP contribution in [0.4, 0.5) is 10.9 Å². The highest BCUT2D eigenvalue weighted by Gasteiger charge is 2.42. The molecule has 31 heavy (non-hydrogen) atoms. The summed E-state index contributed by atoms with van der Waals surface area (Å²) in [6, 6.07) is 2.14. The van der Waals surface area contributed by atoms with Crippen molar-refractivity contribution >= 4 is 40.0 Å². The van der Waals surface area contributed by atoms with Gasteiger partial charge in [-0.25, -0.2) is 9.97 Å². The van der Waals surface area contributed by atoms with Crippen LogP contribution in [0, 0.1) is 12.8 Å². The second-order valence-electron chi connectivity index (χ2n) is 8.64. The lowest BCUT2D eigenvalue weighted by Crippen LogP contribution is -2.35. The summed E-state index contributed by atoms with van der Waals surface area (Å²) >= 11 is 1.35. The maximum atomic E-state index is 13.4. The van der Waals surface area contributed by atoms with E-state index in [-0.39, 0.29) is 23.8 Å². The van der Waals surface area contributed by atoms with Gasteiger partial charge in [0.15, 0.2) is 5.13 Å². The summed E-state index contributed by atoms with van der Waals surface area (Å²) in [5.41, 5.74) is 2.92. The summed E-state index contributed by atoms with van der Waals surface area (Å²) in [6.07, 6.45) is 3.56. The predicted molar refractivity (Wildman–Crippen MR) is 118 cm³/mol. The molecule has 1 unspecified atom stereocenters. The van der Waals surface area contributed by atoms with E-state index in [2.05, 4.69) is 17.2 Å². The smallest absolute Gasteiger partial charge is 0.258 e. The van der Waals surface area contributed by atoms with Crippen LogP contribution in [0.1, 0.15) is 61.1 Å². The van der Waals surface area contributed by atoms with Crippen molar-refractivity contribution in [3.8, 4) is 10.6 Å². The van der Waals surface area contributed by atoms with Crippen molar-refractivity contribution in [1.29, 1.82) is 0 Å². The van der Waals surface area contributed by atoms with Crippen LogP contribution in [0.3, 0.4) is 0 Å². The van der Waals surface area contributed by atoms with Gasteiger partial charge in [-0.2, -0.15) is 0 Å². The molecule has 2 fully saturated rings. The molecule has 9 heteroatoms. The Morgan fingerprint density at radius 1 is 1.29 bits per heavy atom. The van der Waals surface area contributed by atoms with Gasteiger partial charge in [-0.3, -0.25) is 19.3 Å². The van der Waals surface area contributed by atoms with E-state index in [1.807, 2.05) is 17.9 Å². The predicted octanol–water partition coefficient (Wildman–Crippen LogP) is 3.35. The van der Waals surface area contributed by atoms with Crippen LogP contribution in [-0.2, 0) is 16.1 Å². The zero-order valence-electron chi connectivity index (χ0n) is 17.9. The lowest BCUT2D eigenvalue weighted by molar-refractivity contribution is -0.117. The van der Waals surface area contributed by atoms with Crippen LogP contribution >= 0.6 is 11.3 Å². The quantitative estimate of drug-likeness (QED) is 0.771. The van der Waals surface area contributed by atoms with Gasteiger partial charge in [0.05, 0.1) is 21.8 Å². The number of pyridine rings is 1. The number of nitrogens with zero attached hydrogens (tertiary/aromatic N) is 4. The summed E-state index contributed by atoms with van der Waals surface area (Å²) in [5.74, 6) is 0.836. The summed E-state index contributed by atoms with van der Waals surface area (Å²) in [6.45, 7) is 6.55. The Morgan fingerprint density at radius 2 is 2.06 bits per heavy atom. The topological polar surface area (TPSA) is 95.5 Å². The summed E-state index contributed by atoms with van der Waals surface area (Å²) in [7, 11) is 0. The fourth-order valence-electron chi connectivity index (χ4n) is 4.52. The summed E-state index contributed by atoms with van der Waals surface area (Å²) in [4.78, 5) is 51.1. The van der Waals surface area contributed by atoms with Crippen LogP contribution in [0.5, 0.6) is 0 Å². The van der Waals surface area contributed by atoms with Crippen molar-refractivity contribution in [2.45, 2.75) is 59.0 Å². The number of aryl methyl sites for hydroxylation is 1. The van der Waals surface area contributed by atoms with E-state index in [0.717, 1.165) is 35.4 Å². The summed E-state index contributed by atoms with van der Waals surface area (Å²) < 4.78 is 0. The number of rotatable bonds is 5. The highest BCUT2D eigenvalue weighted by Crippen LogP contribution is 2.42. The molecule has 162 valence electrons. The Hall–Kier alpha value is -2.81. The Bertz CT molecular complexity index is 1110. The van der Waals surface area contributed by atoms with E-state index >= 15 is 0 Å². The monoisotopic (exact) mass is 439 g/mol. The number of carbonyl (C=O) groups excluding carboxylic acids is 3. The number of amides is 3. The number of nitrogens with one attached hydrogen (secondary N) is 1. The fraction of sp³-hybridized carbons (Fsp3) is 0.500. The second kappa shape index (κ2) is 7.40. The average Bonchev–Trinajstić information content (AvgIpc) is 3.26. The normalized spacial score (nSPS) is 19.2. The molecule has 1 saturated heterocycles. The van der Waals surface area contributed by atoms with Crippen molar-refractivity contribution in [2.24, 2.45) is 5.92 Å². The highest BCUT2D eigenvalue weighted by atomic mass is 32.1. The molecule has 1 saturated carbocycles. The van der Waals surface area contributed by atoms with Gasteiger partial charge in [-0.05, 0) is 50.7 Å². The van der Waals surface area contributed by atoms with Gasteiger partial charge in [0, 0.05) is 32.5 Å². The number of aromatic nitrogens is 2. The van der Waals surface area contributed by atoms with Crippen molar-refractivity contribution < 1.29 is 14.4 Å². The summed E-state index contributed by atoms with van der Waals surface area (Å²) in [5, 5.41) is 3.24. The molecule has 2 aromatic rings. The van der Waals surface area contributed by atoms with E-state index in [0.29, 0.717) is 47.6 Å². The Kier molecular flexibility index (Phi) is 4.80. The minimum atomic E-state index is -0.180. The number of fused-ring (bicyclic) bond motifs is 1. The van der Waals surface area contributed by atoms with Gasteiger partial charge in [0.25, 0.3) is 5.91 Å². The molecule has 3 aliphatic rings. The number of anilines is 2. The van der Waals surface area contributed by atoms with E-state index in [1.54, 1.807) is 4.90 Å². The van der Waals surface area contributed by atoms with Gasteiger partial charge in [0.1, 0.15) is 5.82 Å². The standard InChI is InChI=1S/C22H25N5O3S/c1-11-19(31-22(23-11)24-13(3)28)16-9-15-10-27(12(2)14-6-7-14)21(30)18(15)20(25-16)26-8-4-5-17(26)29/h9,12,14H,4-8,10H2,1-3H3,(H,23,24,28). The number of hydrogen-bond acceptors (Lipinski definition) is 6. The molecule has 8 nitrogen and oxygen atoms in total. The average molecular weight is 440 g/mol. The molecule has 0 radical (unpaired) electrons. The largest absolute Gasteiger partial charge is 0.331 e. The molecule has 4 heterocycles. The maximum Gasteiger partial charge on any atom is 0.258 e. The van der Waals surface area contributed by atoms with Gasteiger partial charge in [-0.1, -0.05) is 11.3 Å². The van der Waals surface area contributed by atoms with Crippen LogP contribution in [-0.4, -0.2) is 45.2 Å². The van der Waals surface area contributed by atoms with Crippen LogP contribution in [0.2, 0.25) is 0 Å². The third-order valence-electron chi connectivity index (χ3n) is 6.33. The third kappa shape index (κ3) is 3.50. The molecule has 0 aromatic carbocycles. The zero-order valence-corrected chi connectivity index (χ0v) is 18.7. The van der Waals surface area contributed by atoms with Gasteiger partial charge < -0.3 is 10.2 Å². The third-order valence-corrected chi connectivity index (χ3v) is 7.43. The molecule has 0 spiro atoms. The molecule has 0 bridgehead atoms. The highest BCUT2D eigenvalue weighted by molar-refractivity contribution is 7.19. The molecule has 5 rings (SSSR count). The van der Waals surface area contributed by atoms with Crippen LogP contribution < -0.4 is 10.2 Å². The molecule has 1 aliphatic carbocycles. The molecule has 2 aromatic heterocycles. The first-order valence-corrected chi connectivity index (χ1v) is 11.6. The number of hydrogen-bond donors (Lipinski definition) is 1. The SMILES string of the molecule is CC(=O)Nc1nc(C)c(-c2cc3c(c(N4CCCC4=O)n2)C(=O)N(C(C)C2CC2)C3)s1. The van der Waals surface area contributed by atoms with Crippen molar-refractivity contribution in [1.82, 2.24) is 14.9 Å². The zero-order chi connectivity index (χ0) is 21.9. The molecular weight excluding hydrogens is 414 g/mol. The first kappa shape index (κ1) is 20.1. The van der Waals surface area contributed by atoms with Crippen molar-refractivity contribution in [2.75, 3.05) is 16.8 Å². The lowest BCUT2D eigenvalue weighted by Gasteiger charge is -2.24. The van der Waals surface area contributed by atoms with Crippen molar-refractivity contribution in [3.63, 3.8) is 0 Å².